The number of hydrogen-bond donors (Lipinski definition) is 6. The van der Waals surface area contributed by atoms with Crippen LogP contribution in [0.15, 0.2) is 12.2 Å². The van der Waals surface area contributed by atoms with E-state index in [2.05, 4.69) is 0 Å². The van der Waals surface area contributed by atoms with Crippen molar-refractivity contribution >= 4 is 29.8 Å². The van der Waals surface area contributed by atoms with Gasteiger partial charge in [0.1, 0.15) is 0 Å². The van der Waals surface area contributed by atoms with Gasteiger partial charge in [-0.1, -0.05) is 0 Å². The number of rotatable bonds is 7. The number of carboxylic acids is 5. The molecule has 0 amide bonds. The molecular weight excluding hydrogens is 319 g/mol. The van der Waals surface area contributed by atoms with Crippen molar-refractivity contribution in [3.8, 4) is 0 Å². The summed E-state index contributed by atoms with van der Waals surface area (Å²) in [7, 11) is 0. The second-order valence-corrected chi connectivity index (χ2v) is 3.49. The Labute approximate surface area is 146 Å². The number of aliphatic carboxylic acids is 5. The van der Waals surface area contributed by atoms with Gasteiger partial charge < -0.3 is 32.1 Å². The van der Waals surface area contributed by atoms with Crippen molar-refractivity contribution in [1.29, 1.82) is 0 Å². The molecule has 0 saturated carbocycles. The summed E-state index contributed by atoms with van der Waals surface area (Å²) in [5.74, 6) is -7.53. The molecule has 0 aliphatic rings. The molecular formula is C10H13NaO11. The van der Waals surface area contributed by atoms with Crippen LogP contribution in [-0.2, 0) is 24.0 Å². The first-order valence-corrected chi connectivity index (χ1v) is 4.94. The van der Waals surface area contributed by atoms with Crippen LogP contribution in [0.25, 0.3) is 0 Å². The number of carbonyl (C=O) groups is 5. The first-order valence-electron chi connectivity index (χ1n) is 4.94. The van der Waals surface area contributed by atoms with Crippen molar-refractivity contribution in [2.75, 3.05) is 0 Å². The first kappa shape index (κ1) is 25.0. The van der Waals surface area contributed by atoms with Crippen LogP contribution in [0.3, 0.4) is 0 Å². The maximum Gasteiger partial charge on any atom is 1.00 e. The molecule has 0 aliphatic carbocycles. The third-order valence-electron chi connectivity index (χ3n) is 1.65. The van der Waals surface area contributed by atoms with Gasteiger partial charge in [0.2, 0.25) is 0 Å². The van der Waals surface area contributed by atoms with Gasteiger partial charge in [0.25, 0.3) is 0 Å². The third kappa shape index (κ3) is 14.5. The van der Waals surface area contributed by atoms with Crippen molar-refractivity contribution in [2.24, 2.45) is 0 Å². The second kappa shape index (κ2) is 11.7. The van der Waals surface area contributed by atoms with E-state index in [4.69, 9.17) is 30.6 Å². The van der Waals surface area contributed by atoms with E-state index >= 15 is 0 Å². The molecule has 22 heavy (non-hydrogen) atoms. The van der Waals surface area contributed by atoms with E-state index in [0.717, 1.165) is 0 Å². The van der Waals surface area contributed by atoms with Gasteiger partial charge in [-0.05, 0) is 0 Å². The molecule has 0 fully saturated rings. The van der Waals surface area contributed by atoms with Gasteiger partial charge in [0, 0.05) is 12.2 Å². The Morgan fingerprint density at radius 3 is 1.18 bits per heavy atom. The summed E-state index contributed by atoms with van der Waals surface area (Å²) in [5.41, 5.74) is -2.74. The summed E-state index contributed by atoms with van der Waals surface area (Å²) < 4.78 is 0. The van der Waals surface area contributed by atoms with Crippen LogP contribution in [0.1, 0.15) is 14.3 Å². The van der Waals surface area contributed by atoms with Gasteiger partial charge >= 0.3 is 59.4 Å². The Balaban J connectivity index is -0.000000158. The third-order valence-corrected chi connectivity index (χ3v) is 1.65. The Morgan fingerprint density at radius 2 is 1.05 bits per heavy atom. The maximum absolute atomic E-state index is 10.3. The second-order valence-electron chi connectivity index (χ2n) is 3.49. The molecule has 0 saturated heterocycles. The molecule has 0 bridgehead atoms. The molecule has 0 aromatic carbocycles. The molecule has 0 aliphatic heterocycles. The topological polar surface area (TPSA) is 207 Å². The Morgan fingerprint density at radius 1 is 0.773 bits per heavy atom. The standard InChI is InChI=1S/C6H8O7.C4H4O4.Na.H/c7-3(8)1-6(13,5(11)12)2-4(9)10;5-3(6)1-2-4(7)8;;/h13H,1-2H2,(H,7,8)(H,9,10)(H,11,12);1-2H,(H,5,6)(H,7,8);;/q;;+1;-1/b;2-1-;;. The molecule has 0 atom stereocenters. The normalized spacial score (nSPS) is 9.86. The first-order chi connectivity index (χ1) is 9.40. The minimum Gasteiger partial charge on any atom is -1.00 e. The minimum atomic E-state index is -2.74. The molecule has 120 valence electrons. The van der Waals surface area contributed by atoms with E-state index in [1.807, 2.05) is 0 Å². The van der Waals surface area contributed by atoms with Gasteiger partial charge in [-0.25, -0.2) is 14.4 Å². The van der Waals surface area contributed by atoms with Crippen molar-refractivity contribution < 1.29 is 85.6 Å². The van der Waals surface area contributed by atoms with E-state index in [1.165, 1.54) is 0 Å². The monoisotopic (exact) mass is 332 g/mol. The summed E-state index contributed by atoms with van der Waals surface area (Å²) >= 11 is 0. The Kier molecular flexibility index (Phi) is 13.3. The summed E-state index contributed by atoms with van der Waals surface area (Å²) in [6.07, 6.45) is -1.17. The predicted octanol–water partition coefficient (Wildman–Crippen LogP) is -4.42. The SMILES string of the molecule is O=C(O)/C=C\C(=O)O.O=C(O)CC(O)(CC(=O)O)C(=O)O.[H-].[Na+]. The molecule has 0 spiro atoms. The van der Waals surface area contributed by atoms with Gasteiger partial charge in [-0.2, -0.15) is 0 Å². The fourth-order valence-electron chi connectivity index (χ4n) is 0.857. The smallest absolute Gasteiger partial charge is 1.00 e. The van der Waals surface area contributed by atoms with Crippen LogP contribution < -0.4 is 29.6 Å². The fourth-order valence-corrected chi connectivity index (χ4v) is 0.857. The van der Waals surface area contributed by atoms with Crippen molar-refractivity contribution in [1.82, 2.24) is 0 Å². The average Bonchev–Trinajstić information content (AvgIpc) is 2.24. The fraction of sp³-hybridized carbons (Fsp3) is 0.300. The van der Waals surface area contributed by atoms with E-state index in [1.54, 1.807) is 0 Å². The van der Waals surface area contributed by atoms with Gasteiger partial charge in [-0.3, -0.25) is 9.59 Å². The zero-order valence-electron chi connectivity index (χ0n) is 12.3. The van der Waals surface area contributed by atoms with E-state index in [9.17, 15) is 24.0 Å². The Bertz CT molecular complexity index is 441. The van der Waals surface area contributed by atoms with Crippen LogP contribution in [0.5, 0.6) is 0 Å². The maximum atomic E-state index is 10.3. The summed E-state index contributed by atoms with van der Waals surface area (Å²) in [4.78, 5) is 49.6. The van der Waals surface area contributed by atoms with Crippen LogP contribution >= 0.6 is 0 Å². The summed E-state index contributed by atoms with van der Waals surface area (Å²) in [5, 5.41) is 49.4. The molecule has 11 nitrogen and oxygen atoms in total. The van der Waals surface area contributed by atoms with E-state index in [0.29, 0.717) is 12.2 Å². The van der Waals surface area contributed by atoms with Crippen LogP contribution in [0.2, 0.25) is 0 Å². The quantitative estimate of drug-likeness (QED) is 0.194. The summed E-state index contributed by atoms with van der Waals surface area (Å²) in [6, 6.07) is 0. The molecule has 12 heteroatoms. The molecule has 0 aromatic heterocycles. The van der Waals surface area contributed by atoms with E-state index in [-0.39, 0.29) is 31.0 Å². The zero-order valence-corrected chi connectivity index (χ0v) is 13.3. The predicted molar refractivity (Wildman–Crippen MR) is 62.6 cm³/mol. The minimum absolute atomic E-state index is 0. The van der Waals surface area contributed by atoms with Gasteiger partial charge in [0.05, 0.1) is 12.8 Å². The molecule has 0 unspecified atom stereocenters. The largest absolute Gasteiger partial charge is 1.00 e. The van der Waals surface area contributed by atoms with Crippen molar-refractivity contribution in [3.05, 3.63) is 12.2 Å². The van der Waals surface area contributed by atoms with Gasteiger partial charge in [0.15, 0.2) is 5.60 Å². The van der Waals surface area contributed by atoms with Crippen molar-refractivity contribution in [3.63, 3.8) is 0 Å². The zero-order chi connectivity index (χ0) is 17.2. The molecule has 0 aromatic rings. The Hall–Kier alpha value is -1.95. The van der Waals surface area contributed by atoms with E-state index < -0.39 is 48.3 Å². The molecule has 0 heterocycles. The van der Waals surface area contributed by atoms with Crippen LogP contribution in [0.4, 0.5) is 0 Å². The molecule has 0 radical (unpaired) electrons. The van der Waals surface area contributed by atoms with Crippen molar-refractivity contribution in [2.45, 2.75) is 18.4 Å². The number of hydrogen-bond acceptors (Lipinski definition) is 6. The number of carboxylic acid groups (broad SMARTS) is 5. The molecule has 6 N–H and O–H groups in total. The molecule has 0 rings (SSSR count). The van der Waals surface area contributed by atoms with Gasteiger partial charge in [-0.15, -0.1) is 0 Å². The average molecular weight is 332 g/mol. The van der Waals surface area contributed by atoms with Crippen LogP contribution in [0, 0.1) is 0 Å². The summed E-state index contributed by atoms with van der Waals surface area (Å²) in [6.45, 7) is 0. The van der Waals surface area contributed by atoms with Crippen LogP contribution in [-0.4, -0.2) is 66.1 Å². The number of aliphatic hydroxyl groups is 1.